The van der Waals surface area contributed by atoms with Crippen molar-refractivity contribution in [3.63, 3.8) is 0 Å². The van der Waals surface area contributed by atoms with Crippen molar-refractivity contribution in [2.24, 2.45) is 5.41 Å². The smallest absolute Gasteiger partial charge is 0.226 e. The van der Waals surface area contributed by atoms with Crippen LogP contribution in [-0.2, 0) is 9.59 Å². The van der Waals surface area contributed by atoms with Crippen molar-refractivity contribution >= 4 is 38.5 Å². The molecule has 0 aliphatic heterocycles. The first-order chi connectivity index (χ1) is 11.3. The van der Waals surface area contributed by atoms with Gasteiger partial charge in [0.25, 0.3) is 0 Å². The van der Waals surface area contributed by atoms with Gasteiger partial charge in [0.15, 0.2) is 5.13 Å². The van der Waals surface area contributed by atoms with Gasteiger partial charge in [0.2, 0.25) is 11.8 Å². The van der Waals surface area contributed by atoms with Crippen LogP contribution in [0.15, 0.2) is 18.2 Å². The van der Waals surface area contributed by atoms with Crippen LogP contribution in [0.1, 0.15) is 33.6 Å². The maximum Gasteiger partial charge on any atom is 0.226 e. The molecule has 7 heteroatoms. The molecule has 0 unspecified atom stereocenters. The maximum absolute atomic E-state index is 12.0. The molecule has 2 amide bonds. The first kappa shape index (κ1) is 18.2. The second-order valence-corrected chi connectivity index (χ2v) is 7.51. The quantitative estimate of drug-likeness (QED) is 0.785. The summed E-state index contributed by atoms with van der Waals surface area (Å²) in [5.74, 6) is 0.563. The third-order valence-electron chi connectivity index (χ3n) is 3.40. The molecule has 2 aromatic rings. The molecule has 1 heterocycles. The highest BCUT2D eigenvalue weighted by atomic mass is 32.1. The molecule has 1 aromatic heterocycles. The van der Waals surface area contributed by atoms with Gasteiger partial charge in [0.05, 0.1) is 11.8 Å². The first-order valence-electron chi connectivity index (χ1n) is 7.83. The largest absolute Gasteiger partial charge is 0.494 e. The Labute approximate surface area is 145 Å². The highest BCUT2D eigenvalue weighted by Gasteiger charge is 2.20. The second kappa shape index (κ2) is 7.61. The van der Waals surface area contributed by atoms with E-state index in [2.05, 4.69) is 15.6 Å². The highest BCUT2D eigenvalue weighted by Crippen LogP contribution is 2.32. The van der Waals surface area contributed by atoms with E-state index in [0.717, 1.165) is 10.2 Å². The zero-order chi connectivity index (χ0) is 17.7. The van der Waals surface area contributed by atoms with E-state index in [-0.39, 0.29) is 11.8 Å². The van der Waals surface area contributed by atoms with Crippen LogP contribution in [0.5, 0.6) is 5.75 Å². The van der Waals surface area contributed by atoms with Crippen LogP contribution >= 0.6 is 11.3 Å². The van der Waals surface area contributed by atoms with E-state index in [0.29, 0.717) is 30.3 Å². The summed E-state index contributed by atoms with van der Waals surface area (Å²) in [6.45, 7) is 6.06. The number of aromatic nitrogens is 1. The molecule has 0 bridgehead atoms. The summed E-state index contributed by atoms with van der Waals surface area (Å²) in [5, 5.41) is 6.19. The van der Waals surface area contributed by atoms with Crippen molar-refractivity contribution in [2.75, 3.05) is 19.0 Å². The molecule has 0 saturated heterocycles. The van der Waals surface area contributed by atoms with E-state index in [1.807, 2.05) is 39.0 Å². The van der Waals surface area contributed by atoms with Gasteiger partial charge in [-0.1, -0.05) is 38.2 Å². The molecule has 24 heavy (non-hydrogen) atoms. The van der Waals surface area contributed by atoms with Gasteiger partial charge in [0, 0.05) is 18.4 Å². The summed E-state index contributed by atoms with van der Waals surface area (Å²) in [6.07, 6.45) is 0.916. The normalized spacial score (nSPS) is 11.3. The summed E-state index contributed by atoms with van der Waals surface area (Å²) in [5.41, 5.74) is 0.334. The lowest BCUT2D eigenvalue weighted by molar-refractivity contribution is -0.128. The number of rotatable bonds is 6. The van der Waals surface area contributed by atoms with E-state index >= 15 is 0 Å². The Morgan fingerprint density at radius 3 is 2.71 bits per heavy atom. The number of para-hydroxylation sites is 1. The van der Waals surface area contributed by atoms with Gasteiger partial charge in [-0.05, 0) is 18.6 Å². The number of thiazole rings is 1. The number of hydrogen-bond donors (Lipinski definition) is 2. The second-order valence-electron chi connectivity index (χ2n) is 6.48. The molecular weight excluding hydrogens is 326 g/mol. The summed E-state index contributed by atoms with van der Waals surface area (Å²) in [6, 6.07) is 5.67. The molecule has 0 spiro atoms. The van der Waals surface area contributed by atoms with Gasteiger partial charge in [0.1, 0.15) is 11.3 Å². The number of nitrogens with one attached hydrogen (secondary N) is 2. The SMILES string of the molecule is COc1cccc2sc(NC(=O)CCCNC(=O)C(C)(C)C)nc12. The van der Waals surface area contributed by atoms with Gasteiger partial charge in [-0.2, -0.15) is 0 Å². The number of carbonyl (C=O) groups excluding carboxylic acids is 2. The van der Waals surface area contributed by atoms with Crippen molar-refractivity contribution in [1.82, 2.24) is 10.3 Å². The Hall–Kier alpha value is -2.15. The fraction of sp³-hybridized carbons (Fsp3) is 0.471. The summed E-state index contributed by atoms with van der Waals surface area (Å²) in [4.78, 5) is 28.1. The predicted octanol–water partition coefficient (Wildman–Crippen LogP) is 3.19. The molecule has 0 aliphatic rings. The Morgan fingerprint density at radius 2 is 2.04 bits per heavy atom. The van der Waals surface area contributed by atoms with Gasteiger partial charge in [-0.3, -0.25) is 9.59 Å². The Kier molecular flexibility index (Phi) is 5.77. The highest BCUT2D eigenvalue weighted by molar-refractivity contribution is 7.22. The van der Waals surface area contributed by atoms with Crippen LogP contribution in [0.4, 0.5) is 5.13 Å². The number of ether oxygens (including phenoxy) is 1. The molecule has 0 aliphatic carbocycles. The van der Waals surface area contributed by atoms with Crippen molar-refractivity contribution < 1.29 is 14.3 Å². The molecule has 0 saturated carbocycles. The minimum absolute atomic E-state index is 0.0128. The van der Waals surface area contributed by atoms with Gasteiger partial charge in [-0.15, -0.1) is 0 Å². The number of amides is 2. The lowest BCUT2D eigenvalue weighted by Crippen LogP contribution is -2.35. The van der Waals surface area contributed by atoms with E-state index in [4.69, 9.17) is 4.74 Å². The van der Waals surface area contributed by atoms with Crippen LogP contribution in [0.25, 0.3) is 10.2 Å². The van der Waals surface area contributed by atoms with E-state index in [9.17, 15) is 9.59 Å². The number of benzene rings is 1. The minimum atomic E-state index is -0.414. The number of anilines is 1. The zero-order valence-corrected chi connectivity index (χ0v) is 15.3. The average molecular weight is 349 g/mol. The van der Waals surface area contributed by atoms with Crippen molar-refractivity contribution in [2.45, 2.75) is 33.6 Å². The van der Waals surface area contributed by atoms with E-state index in [1.54, 1.807) is 7.11 Å². The number of hydrogen-bond acceptors (Lipinski definition) is 5. The average Bonchev–Trinajstić information content (AvgIpc) is 2.92. The summed E-state index contributed by atoms with van der Waals surface area (Å²) in [7, 11) is 1.60. The third-order valence-corrected chi connectivity index (χ3v) is 4.33. The molecule has 0 radical (unpaired) electrons. The van der Waals surface area contributed by atoms with Gasteiger partial charge >= 0.3 is 0 Å². The monoisotopic (exact) mass is 349 g/mol. The van der Waals surface area contributed by atoms with Gasteiger partial charge in [-0.25, -0.2) is 4.98 Å². The number of methoxy groups -OCH3 is 1. The summed E-state index contributed by atoms with van der Waals surface area (Å²) >= 11 is 1.41. The fourth-order valence-electron chi connectivity index (χ4n) is 2.04. The number of fused-ring (bicyclic) bond motifs is 1. The molecule has 1 aromatic carbocycles. The van der Waals surface area contributed by atoms with Crippen LogP contribution in [0.2, 0.25) is 0 Å². The van der Waals surface area contributed by atoms with E-state index < -0.39 is 5.41 Å². The van der Waals surface area contributed by atoms with Crippen molar-refractivity contribution in [1.29, 1.82) is 0 Å². The maximum atomic E-state index is 12.0. The Morgan fingerprint density at radius 1 is 1.29 bits per heavy atom. The third kappa shape index (κ3) is 4.67. The number of nitrogens with zero attached hydrogens (tertiary/aromatic N) is 1. The van der Waals surface area contributed by atoms with Crippen LogP contribution in [0, 0.1) is 5.41 Å². The first-order valence-corrected chi connectivity index (χ1v) is 8.64. The molecule has 130 valence electrons. The number of carbonyl (C=O) groups is 2. The molecule has 0 fully saturated rings. The molecule has 2 N–H and O–H groups in total. The molecule has 6 nitrogen and oxygen atoms in total. The Balaban J connectivity index is 1.84. The molecule has 2 rings (SSSR count). The lowest BCUT2D eigenvalue weighted by Gasteiger charge is -2.17. The van der Waals surface area contributed by atoms with Crippen LogP contribution < -0.4 is 15.4 Å². The standard InChI is InChI=1S/C17H23N3O3S/c1-17(2,3)15(22)18-10-6-9-13(21)19-16-20-14-11(23-4)7-5-8-12(14)24-16/h5,7-8H,6,9-10H2,1-4H3,(H,18,22)(H,19,20,21). The Bertz CT molecular complexity index is 734. The predicted molar refractivity (Wildman–Crippen MR) is 96.5 cm³/mol. The van der Waals surface area contributed by atoms with Crippen LogP contribution in [-0.4, -0.2) is 30.5 Å². The zero-order valence-electron chi connectivity index (χ0n) is 14.4. The van der Waals surface area contributed by atoms with E-state index in [1.165, 1.54) is 11.3 Å². The molecular formula is C17H23N3O3S. The van der Waals surface area contributed by atoms with Gasteiger partial charge < -0.3 is 15.4 Å². The van der Waals surface area contributed by atoms with Crippen molar-refractivity contribution in [3.8, 4) is 5.75 Å². The lowest BCUT2D eigenvalue weighted by atomic mass is 9.96. The van der Waals surface area contributed by atoms with Crippen LogP contribution in [0.3, 0.4) is 0 Å². The topological polar surface area (TPSA) is 80.3 Å². The molecule has 0 atom stereocenters. The minimum Gasteiger partial charge on any atom is -0.494 e. The fourth-order valence-corrected chi connectivity index (χ4v) is 2.94. The van der Waals surface area contributed by atoms with Crippen molar-refractivity contribution in [3.05, 3.63) is 18.2 Å². The summed E-state index contributed by atoms with van der Waals surface area (Å²) < 4.78 is 6.23.